The van der Waals surface area contributed by atoms with E-state index in [0.29, 0.717) is 22.9 Å². The van der Waals surface area contributed by atoms with Gasteiger partial charge in [0.15, 0.2) is 0 Å². The van der Waals surface area contributed by atoms with Crippen molar-refractivity contribution >= 4 is 34.4 Å². The van der Waals surface area contributed by atoms with Gasteiger partial charge >= 0.3 is 5.97 Å². The lowest BCUT2D eigenvalue weighted by atomic mass is 10.0. The van der Waals surface area contributed by atoms with E-state index in [0.717, 1.165) is 29.4 Å². The van der Waals surface area contributed by atoms with E-state index in [1.54, 1.807) is 19.1 Å². The number of carbonyl (C=O) groups is 2. The molecule has 2 aromatic rings. The van der Waals surface area contributed by atoms with Crippen LogP contribution in [0, 0.1) is 0 Å². The summed E-state index contributed by atoms with van der Waals surface area (Å²) in [6, 6.07) is 6.96. The standard InChI is InChI=1S/C18H19ClN2O3/c1-10(2-7-17(22)23)20-18(24)14-9-16(11-3-4-11)21-15-6-5-12(19)8-13(14)15/h5-6,8-11H,2-4,7H2,1H3,(H,20,24)(H,22,23). The van der Waals surface area contributed by atoms with Gasteiger partial charge in [-0.25, -0.2) is 0 Å². The highest BCUT2D eigenvalue weighted by Gasteiger charge is 2.27. The predicted octanol–water partition coefficient (Wildman–Crippen LogP) is 3.75. The number of pyridine rings is 1. The second-order valence-corrected chi connectivity index (χ2v) is 6.77. The quantitative estimate of drug-likeness (QED) is 0.834. The molecule has 1 fully saturated rings. The lowest BCUT2D eigenvalue weighted by molar-refractivity contribution is -0.137. The van der Waals surface area contributed by atoms with E-state index in [-0.39, 0.29) is 18.4 Å². The zero-order valence-corrected chi connectivity index (χ0v) is 14.1. The van der Waals surface area contributed by atoms with Crippen LogP contribution in [0.4, 0.5) is 0 Å². The summed E-state index contributed by atoms with van der Waals surface area (Å²) in [6.07, 6.45) is 2.61. The van der Waals surface area contributed by atoms with Crippen LogP contribution in [0.1, 0.15) is 54.6 Å². The third kappa shape index (κ3) is 3.85. The molecular weight excluding hydrogens is 328 g/mol. The number of rotatable bonds is 6. The van der Waals surface area contributed by atoms with E-state index in [2.05, 4.69) is 10.3 Å². The van der Waals surface area contributed by atoms with E-state index >= 15 is 0 Å². The Bertz CT molecular complexity index is 802. The summed E-state index contributed by atoms with van der Waals surface area (Å²) in [5.41, 5.74) is 2.24. The monoisotopic (exact) mass is 346 g/mol. The average molecular weight is 347 g/mol. The Morgan fingerprint density at radius 2 is 2.12 bits per heavy atom. The molecule has 1 heterocycles. The molecule has 3 rings (SSSR count). The molecule has 0 bridgehead atoms. The Labute approximate surface area is 145 Å². The van der Waals surface area contributed by atoms with Gasteiger partial charge in [-0.05, 0) is 50.5 Å². The fourth-order valence-electron chi connectivity index (χ4n) is 2.71. The van der Waals surface area contributed by atoms with E-state index in [1.165, 1.54) is 0 Å². The number of amides is 1. The highest BCUT2D eigenvalue weighted by atomic mass is 35.5. The Balaban J connectivity index is 1.89. The Morgan fingerprint density at radius 3 is 2.79 bits per heavy atom. The van der Waals surface area contributed by atoms with Gasteiger partial charge < -0.3 is 10.4 Å². The molecule has 0 saturated heterocycles. The molecule has 2 N–H and O–H groups in total. The van der Waals surface area contributed by atoms with Gasteiger partial charge in [0.1, 0.15) is 0 Å². The molecule has 1 atom stereocenters. The number of fused-ring (bicyclic) bond motifs is 1. The molecular formula is C18H19ClN2O3. The van der Waals surface area contributed by atoms with Gasteiger partial charge in [-0.3, -0.25) is 14.6 Å². The maximum atomic E-state index is 12.7. The van der Waals surface area contributed by atoms with Crippen molar-refractivity contribution < 1.29 is 14.7 Å². The van der Waals surface area contributed by atoms with Gasteiger partial charge in [-0.2, -0.15) is 0 Å². The fraction of sp³-hybridized carbons (Fsp3) is 0.389. The number of hydrogen-bond acceptors (Lipinski definition) is 3. The first kappa shape index (κ1) is 16.7. The molecule has 6 heteroatoms. The molecule has 0 aliphatic heterocycles. The Kier molecular flexibility index (Phi) is 4.71. The molecule has 1 aliphatic carbocycles. The SMILES string of the molecule is CC(CCC(=O)O)NC(=O)c1cc(C2CC2)nc2ccc(Cl)cc12. The van der Waals surface area contributed by atoms with Crippen molar-refractivity contribution in [3.8, 4) is 0 Å². The van der Waals surface area contributed by atoms with Gasteiger partial charge in [-0.1, -0.05) is 11.6 Å². The van der Waals surface area contributed by atoms with Crippen molar-refractivity contribution in [1.82, 2.24) is 10.3 Å². The van der Waals surface area contributed by atoms with Crippen LogP contribution in [-0.4, -0.2) is 28.0 Å². The van der Waals surface area contributed by atoms with Crippen molar-refractivity contribution in [2.45, 2.75) is 44.6 Å². The molecule has 126 valence electrons. The maximum absolute atomic E-state index is 12.7. The van der Waals surface area contributed by atoms with Gasteiger partial charge in [0.2, 0.25) is 0 Å². The number of halogens is 1. The minimum Gasteiger partial charge on any atom is -0.481 e. The summed E-state index contributed by atoms with van der Waals surface area (Å²) in [7, 11) is 0. The number of aliphatic carboxylic acids is 1. The van der Waals surface area contributed by atoms with Crippen LogP contribution in [0.5, 0.6) is 0 Å². The van der Waals surface area contributed by atoms with E-state index in [1.807, 2.05) is 12.1 Å². The third-order valence-corrected chi connectivity index (χ3v) is 4.43. The summed E-state index contributed by atoms with van der Waals surface area (Å²) >= 11 is 6.08. The van der Waals surface area contributed by atoms with Crippen LogP contribution in [0.2, 0.25) is 5.02 Å². The van der Waals surface area contributed by atoms with Crippen molar-refractivity contribution in [2.24, 2.45) is 0 Å². The summed E-state index contributed by atoms with van der Waals surface area (Å²) in [5, 5.41) is 12.9. The third-order valence-electron chi connectivity index (χ3n) is 4.20. The van der Waals surface area contributed by atoms with E-state index in [4.69, 9.17) is 16.7 Å². The number of carbonyl (C=O) groups excluding carboxylic acids is 1. The predicted molar refractivity (Wildman–Crippen MR) is 92.5 cm³/mol. The van der Waals surface area contributed by atoms with Crippen molar-refractivity contribution in [3.05, 3.63) is 40.5 Å². The highest BCUT2D eigenvalue weighted by molar-refractivity contribution is 6.31. The molecule has 24 heavy (non-hydrogen) atoms. The van der Waals surface area contributed by atoms with Crippen LogP contribution in [0.3, 0.4) is 0 Å². The lowest BCUT2D eigenvalue weighted by Crippen LogP contribution is -2.33. The molecule has 1 aromatic heterocycles. The van der Waals surface area contributed by atoms with E-state index < -0.39 is 5.97 Å². The first-order valence-corrected chi connectivity index (χ1v) is 8.44. The zero-order valence-electron chi connectivity index (χ0n) is 13.4. The topological polar surface area (TPSA) is 79.3 Å². The van der Waals surface area contributed by atoms with Crippen molar-refractivity contribution in [1.29, 1.82) is 0 Å². The molecule has 1 aliphatic rings. The molecule has 0 radical (unpaired) electrons. The molecule has 1 aromatic carbocycles. The maximum Gasteiger partial charge on any atom is 0.303 e. The number of carboxylic acids is 1. The minimum absolute atomic E-state index is 0.0255. The van der Waals surface area contributed by atoms with Crippen molar-refractivity contribution in [2.75, 3.05) is 0 Å². The first-order chi connectivity index (χ1) is 11.4. The minimum atomic E-state index is -0.867. The normalized spacial score (nSPS) is 15.2. The smallest absolute Gasteiger partial charge is 0.303 e. The van der Waals surface area contributed by atoms with Crippen LogP contribution >= 0.6 is 11.6 Å². The van der Waals surface area contributed by atoms with Gasteiger partial charge in [0.25, 0.3) is 5.91 Å². The number of nitrogens with zero attached hydrogens (tertiary/aromatic N) is 1. The average Bonchev–Trinajstić information content (AvgIpc) is 3.36. The van der Waals surface area contributed by atoms with Gasteiger partial charge in [0.05, 0.1) is 11.1 Å². The van der Waals surface area contributed by atoms with Crippen molar-refractivity contribution in [3.63, 3.8) is 0 Å². The summed E-state index contributed by atoms with van der Waals surface area (Å²) in [5.74, 6) is -0.654. The Morgan fingerprint density at radius 1 is 1.38 bits per heavy atom. The second kappa shape index (κ2) is 6.77. The van der Waals surface area contributed by atoms with Crippen LogP contribution in [-0.2, 0) is 4.79 Å². The van der Waals surface area contributed by atoms with Gasteiger partial charge in [0, 0.05) is 34.5 Å². The van der Waals surface area contributed by atoms with Crippen LogP contribution in [0.25, 0.3) is 10.9 Å². The fourth-order valence-corrected chi connectivity index (χ4v) is 2.88. The highest BCUT2D eigenvalue weighted by Crippen LogP contribution is 2.40. The first-order valence-electron chi connectivity index (χ1n) is 8.07. The molecule has 1 unspecified atom stereocenters. The van der Waals surface area contributed by atoms with Crippen LogP contribution < -0.4 is 5.32 Å². The summed E-state index contributed by atoms with van der Waals surface area (Å²) < 4.78 is 0. The number of aromatic nitrogens is 1. The van der Waals surface area contributed by atoms with Gasteiger partial charge in [-0.15, -0.1) is 0 Å². The summed E-state index contributed by atoms with van der Waals surface area (Å²) in [4.78, 5) is 28.0. The molecule has 1 amide bonds. The lowest BCUT2D eigenvalue weighted by Gasteiger charge is -2.15. The number of nitrogens with one attached hydrogen (secondary N) is 1. The van der Waals surface area contributed by atoms with Crippen LogP contribution in [0.15, 0.2) is 24.3 Å². The molecule has 5 nitrogen and oxygen atoms in total. The number of hydrogen-bond donors (Lipinski definition) is 2. The molecule has 1 saturated carbocycles. The largest absolute Gasteiger partial charge is 0.481 e. The number of benzene rings is 1. The second-order valence-electron chi connectivity index (χ2n) is 6.34. The Hall–Kier alpha value is -2.14. The molecule has 0 spiro atoms. The summed E-state index contributed by atoms with van der Waals surface area (Å²) in [6.45, 7) is 1.80. The number of carboxylic acid groups (broad SMARTS) is 1. The van der Waals surface area contributed by atoms with E-state index in [9.17, 15) is 9.59 Å². The zero-order chi connectivity index (χ0) is 17.3.